The van der Waals surface area contributed by atoms with Crippen LogP contribution in [0.4, 0.5) is 0 Å². The van der Waals surface area contributed by atoms with Crippen molar-refractivity contribution in [1.29, 1.82) is 0 Å². The number of hydrogen-bond donors (Lipinski definition) is 4. The lowest BCUT2D eigenvalue weighted by Gasteiger charge is -2.30. The third-order valence-electron chi connectivity index (χ3n) is 3.41. The predicted molar refractivity (Wildman–Crippen MR) is 79.3 cm³/mol. The van der Waals surface area contributed by atoms with Crippen LogP contribution in [-0.2, 0) is 14.4 Å². The highest BCUT2D eigenvalue weighted by atomic mass is 16.3. The zero-order chi connectivity index (χ0) is 16.6. The van der Waals surface area contributed by atoms with Crippen molar-refractivity contribution in [3.05, 3.63) is 0 Å². The highest BCUT2D eigenvalue weighted by Crippen LogP contribution is 2.16. The van der Waals surface area contributed by atoms with E-state index in [2.05, 4.69) is 5.32 Å². The second kappa shape index (κ2) is 8.86. The molecule has 0 unspecified atom stereocenters. The first-order valence-corrected chi connectivity index (χ1v) is 7.18. The number of Topliss-reactive ketones (excluding diaryl/α,β-unsaturated/α-hetero) is 1. The Balaban J connectivity index is 5.14. The zero-order valence-electron chi connectivity index (χ0n) is 13.0. The van der Waals surface area contributed by atoms with Crippen LogP contribution >= 0.6 is 0 Å². The number of aliphatic hydroxyl groups excluding tert-OH is 1. The van der Waals surface area contributed by atoms with E-state index in [4.69, 9.17) is 11.5 Å². The summed E-state index contributed by atoms with van der Waals surface area (Å²) in [6, 6.07) is -0.725. The van der Waals surface area contributed by atoms with Crippen LogP contribution in [-0.4, -0.2) is 47.3 Å². The van der Waals surface area contributed by atoms with Gasteiger partial charge in [0.15, 0.2) is 11.3 Å². The molecule has 0 rings (SSSR count). The van der Waals surface area contributed by atoms with E-state index in [0.717, 1.165) is 0 Å². The van der Waals surface area contributed by atoms with E-state index in [9.17, 15) is 19.5 Å². The Kier molecular flexibility index (Phi) is 8.31. The summed E-state index contributed by atoms with van der Waals surface area (Å²) in [5.74, 6) is -1.62. The first-order valence-electron chi connectivity index (χ1n) is 7.18. The van der Waals surface area contributed by atoms with Crippen LogP contribution in [0.1, 0.15) is 40.0 Å². The van der Waals surface area contributed by atoms with Crippen molar-refractivity contribution in [3.63, 3.8) is 0 Å². The number of carbonyl (C=O) groups excluding carboxylic acids is 3. The molecule has 0 bridgehead atoms. The van der Waals surface area contributed by atoms with Gasteiger partial charge in [-0.25, -0.2) is 0 Å². The molecule has 0 aromatic carbocycles. The molecule has 0 fully saturated rings. The van der Waals surface area contributed by atoms with Crippen LogP contribution in [0.15, 0.2) is 0 Å². The summed E-state index contributed by atoms with van der Waals surface area (Å²) < 4.78 is 0. The standard InChI is InChI=1S/C14H27N3O4/c1-9(2)11(8-18)17-13(21)14(16,6-4-5-7-15)12(20)10(3)19/h8-11,19H,4-7,15-16H2,1-3H3,(H,17,21)/t10-,11+,14+/m0/s1. The normalized spacial score (nSPS) is 16.9. The lowest BCUT2D eigenvalue weighted by atomic mass is 9.85. The van der Waals surface area contributed by atoms with E-state index in [1.165, 1.54) is 6.92 Å². The van der Waals surface area contributed by atoms with Gasteiger partial charge in [0.2, 0.25) is 5.91 Å². The summed E-state index contributed by atoms with van der Waals surface area (Å²) >= 11 is 0. The van der Waals surface area contributed by atoms with E-state index in [1.54, 1.807) is 13.8 Å². The summed E-state index contributed by atoms with van der Waals surface area (Å²) in [4.78, 5) is 35.4. The topological polar surface area (TPSA) is 136 Å². The fourth-order valence-corrected chi connectivity index (χ4v) is 1.91. The fraction of sp³-hybridized carbons (Fsp3) is 0.786. The molecule has 0 aliphatic carbocycles. The van der Waals surface area contributed by atoms with Gasteiger partial charge in [0.25, 0.3) is 0 Å². The Hall–Kier alpha value is -1.31. The minimum absolute atomic E-state index is 0.0729. The van der Waals surface area contributed by atoms with Crippen LogP contribution in [0.2, 0.25) is 0 Å². The number of amides is 1. The molecule has 0 aliphatic heterocycles. The fourth-order valence-electron chi connectivity index (χ4n) is 1.91. The van der Waals surface area contributed by atoms with Gasteiger partial charge >= 0.3 is 0 Å². The highest BCUT2D eigenvalue weighted by Gasteiger charge is 2.43. The Bertz CT molecular complexity index is 371. The van der Waals surface area contributed by atoms with E-state index < -0.39 is 29.4 Å². The molecule has 21 heavy (non-hydrogen) atoms. The number of rotatable bonds is 10. The summed E-state index contributed by atoms with van der Waals surface area (Å²) in [5, 5.41) is 11.9. The Morgan fingerprint density at radius 2 is 1.86 bits per heavy atom. The molecule has 0 aromatic heterocycles. The van der Waals surface area contributed by atoms with Crippen molar-refractivity contribution in [1.82, 2.24) is 5.32 Å². The van der Waals surface area contributed by atoms with Crippen LogP contribution < -0.4 is 16.8 Å². The van der Waals surface area contributed by atoms with Gasteiger partial charge in [-0.05, 0) is 38.6 Å². The monoisotopic (exact) mass is 301 g/mol. The molecule has 0 heterocycles. The van der Waals surface area contributed by atoms with E-state index >= 15 is 0 Å². The molecule has 0 saturated carbocycles. The number of hydrogen-bond acceptors (Lipinski definition) is 6. The molecule has 1 amide bonds. The van der Waals surface area contributed by atoms with Crippen molar-refractivity contribution in [2.75, 3.05) is 6.54 Å². The minimum Gasteiger partial charge on any atom is -0.386 e. The third kappa shape index (κ3) is 5.53. The molecule has 3 atom stereocenters. The van der Waals surface area contributed by atoms with E-state index in [0.29, 0.717) is 25.7 Å². The maximum atomic E-state index is 12.3. The predicted octanol–water partition coefficient (Wildman–Crippen LogP) is -0.897. The zero-order valence-corrected chi connectivity index (χ0v) is 13.0. The van der Waals surface area contributed by atoms with Gasteiger partial charge in [0.1, 0.15) is 12.4 Å². The van der Waals surface area contributed by atoms with Crippen molar-refractivity contribution < 1.29 is 19.5 Å². The minimum atomic E-state index is -1.85. The highest BCUT2D eigenvalue weighted by molar-refractivity contribution is 6.12. The van der Waals surface area contributed by atoms with Gasteiger partial charge in [-0.2, -0.15) is 0 Å². The van der Waals surface area contributed by atoms with Crippen LogP contribution in [0, 0.1) is 5.92 Å². The maximum absolute atomic E-state index is 12.3. The van der Waals surface area contributed by atoms with Crippen molar-refractivity contribution in [2.24, 2.45) is 17.4 Å². The van der Waals surface area contributed by atoms with Crippen molar-refractivity contribution >= 4 is 18.0 Å². The van der Waals surface area contributed by atoms with Crippen molar-refractivity contribution in [3.8, 4) is 0 Å². The lowest BCUT2D eigenvalue weighted by molar-refractivity contribution is -0.142. The van der Waals surface area contributed by atoms with Crippen LogP contribution in [0.25, 0.3) is 0 Å². The van der Waals surface area contributed by atoms with Gasteiger partial charge in [-0.1, -0.05) is 13.8 Å². The van der Waals surface area contributed by atoms with Gasteiger partial charge in [-0.3, -0.25) is 9.59 Å². The third-order valence-corrected chi connectivity index (χ3v) is 3.41. The number of carbonyl (C=O) groups is 3. The average molecular weight is 301 g/mol. The summed E-state index contributed by atoms with van der Waals surface area (Å²) in [5.41, 5.74) is 9.49. The molecule has 0 aliphatic rings. The number of ketones is 1. The molecule has 122 valence electrons. The van der Waals surface area contributed by atoms with Gasteiger partial charge in [0.05, 0.1) is 6.04 Å². The van der Waals surface area contributed by atoms with E-state index in [1.807, 2.05) is 0 Å². The second-order valence-electron chi connectivity index (χ2n) is 5.64. The number of nitrogens with two attached hydrogens (primary N) is 2. The lowest BCUT2D eigenvalue weighted by Crippen LogP contribution is -2.63. The molecule has 7 nitrogen and oxygen atoms in total. The summed E-state index contributed by atoms with van der Waals surface area (Å²) in [6.45, 7) is 5.22. The largest absolute Gasteiger partial charge is 0.386 e. The second-order valence-corrected chi connectivity index (χ2v) is 5.64. The molecule has 0 spiro atoms. The molecule has 0 radical (unpaired) electrons. The Morgan fingerprint density at radius 3 is 2.24 bits per heavy atom. The Morgan fingerprint density at radius 1 is 1.29 bits per heavy atom. The smallest absolute Gasteiger partial charge is 0.248 e. The van der Waals surface area contributed by atoms with Crippen molar-refractivity contribution in [2.45, 2.75) is 57.7 Å². The van der Waals surface area contributed by atoms with E-state index in [-0.39, 0.29) is 12.3 Å². The number of aldehydes is 1. The number of nitrogens with one attached hydrogen (secondary N) is 1. The molecule has 0 aromatic rings. The number of unbranched alkanes of at least 4 members (excludes halogenated alkanes) is 1. The first kappa shape index (κ1) is 19.7. The molecule has 7 heteroatoms. The van der Waals surface area contributed by atoms with Gasteiger partial charge < -0.3 is 26.7 Å². The summed E-state index contributed by atoms with van der Waals surface area (Å²) in [7, 11) is 0. The van der Waals surface area contributed by atoms with Crippen LogP contribution in [0.5, 0.6) is 0 Å². The maximum Gasteiger partial charge on any atom is 0.248 e. The molecule has 6 N–H and O–H groups in total. The molecule has 0 saturated heterocycles. The van der Waals surface area contributed by atoms with Gasteiger partial charge in [0, 0.05) is 0 Å². The SMILES string of the molecule is CC(C)[C@@H](C=O)NC(=O)[C@@](N)(CCCCN)C(=O)[C@H](C)O. The summed E-state index contributed by atoms with van der Waals surface area (Å²) in [6.07, 6.45) is 0.416. The quantitative estimate of drug-likeness (QED) is 0.235. The molecular weight excluding hydrogens is 274 g/mol. The molecular formula is C14H27N3O4. The number of aliphatic hydroxyl groups is 1. The van der Waals surface area contributed by atoms with Gasteiger partial charge in [-0.15, -0.1) is 0 Å². The average Bonchev–Trinajstić information content (AvgIpc) is 2.42. The van der Waals surface area contributed by atoms with Crippen LogP contribution in [0.3, 0.4) is 0 Å². The Labute approximate surface area is 125 Å². The first-order chi connectivity index (χ1) is 9.70.